The Hall–Kier alpha value is -2.05. The molecule has 0 radical (unpaired) electrons. The number of phenols is 1. The Bertz CT molecular complexity index is 763. The van der Waals surface area contributed by atoms with Gasteiger partial charge in [0.15, 0.2) is 0 Å². The highest BCUT2D eigenvalue weighted by Gasteiger charge is 2.30. The lowest BCUT2D eigenvalue weighted by molar-refractivity contribution is -0.121. The van der Waals surface area contributed by atoms with Crippen molar-refractivity contribution in [2.24, 2.45) is 0 Å². The smallest absolute Gasteiger partial charge is 0.266 e. The van der Waals surface area contributed by atoms with Gasteiger partial charge < -0.3 is 9.67 Å². The van der Waals surface area contributed by atoms with Crippen molar-refractivity contribution in [3.63, 3.8) is 0 Å². The third-order valence-electron chi connectivity index (χ3n) is 3.38. The van der Waals surface area contributed by atoms with E-state index in [9.17, 15) is 9.90 Å². The van der Waals surface area contributed by atoms with Gasteiger partial charge in [0, 0.05) is 24.1 Å². The molecular weight excluding hydrogens is 316 g/mol. The van der Waals surface area contributed by atoms with Gasteiger partial charge in [-0.15, -0.1) is 0 Å². The van der Waals surface area contributed by atoms with Crippen molar-refractivity contribution in [3.8, 4) is 11.4 Å². The molecule has 2 aromatic rings. The minimum Gasteiger partial charge on any atom is -0.508 e. The first kappa shape index (κ1) is 14.9. The lowest BCUT2D eigenvalue weighted by atomic mass is 10.3. The van der Waals surface area contributed by atoms with Crippen LogP contribution in [0.25, 0.3) is 11.8 Å². The summed E-state index contributed by atoms with van der Waals surface area (Å²) >= 11 is 6.55. The van der Waals surface area contributed by atoms with Crippen molar-refractivity contribution in [2.75, 3.05) is 6.54 Å². The number of benzene rings is 1. The first-order chi connectivity index (χ1) is 10.6. The molecule has 1 aromatic heterocycles. The van der Waals surface area contributed by atoms with Gasteiger partial charge in [0.05, 0.1) is 4.91 Å². The predicted molar refractivity (Wildman–Crippen MR) is 93.0 cm³/mol. The zero-order chi connectivity index (χ0) is 15.7. The molecule has 1 fully saturated rings. The highest BCUT2D eigenvalue weighted by Crippen LogP contribution is 2.32. The second-order valence-electron chi connectivity index (χ2n) is 4.75. The van der Waals surface area contributed by atoms with Crippen LogP contribution in [0.2, 0.25) is 0 Å². The summed E-state index contributed by atoms with van der Waals surface area (Å²) in [7, 11) is 0. The molecule has 1 N–H and O–H groups in total. The standard InChI is InChI=1S/C16H14N2O2S2/c1-2-17-15(20)14(22-16(17)21)10-12-4-3-9-18(12)11-5-7-13(19)8-6-11/h3-10,19H,2H2,1H3/b14-10-. The lowest BCUT2D eigenvalue weighted by Gasteiger charge is -2.10. The molecule has 3 rings (SSSR count). The normalized spacial score (nSPS) is 16.8. The summed E-state index contributed by atoms with van der Waals surface area (Å²) in [5, 5.41) is 9.38. The van der Waals surface area contributed by atoms with E-state index in [2.05, 4.69) is 0 Å². The molecule has 1 aliphatic heterocycles. The monoisotopic (exact) mass is 330 g/mol. The number of aromatic hydroxyl groups is 1. The van der Waals surface area contributed by atoms with Crippen molar-refractivity contribution >= 4 is 40.3 Å². The zero-order valence-electron chi connectivity index (χ0n) is 11.9. The number of phenolic OH excluding ortho intramolecular Hbond substituents is 1. The molecule has 1 saturated heterocycles. The Kier molecular flexibility index (Phi) is 4.04. The van der Waals surface area contributed by atoms with Crippen LogP contribution in [0.1, 0.15) is 12.6 Å². The van der Waals surface area contributed by atoms with Gasteiger partial charge in [0.2, 0.25) is 0 Å². The molecule has 2 heterocycles. The molecule has 6 heteroatoms. The Labute approximate surface area is 138 Å². The van der Waals surface area contributed by atoms with Gasteiger partial charge in [0.1, 0.15) is 10.1 Å². The molecule has 0 atom stereocenters. The first-order valence-corrected chi connectivity index (χ1v) is 8.04. The summed E-state index contributed by atoms with van der Waals surface area (Å²) in [6.07, 6.45) is 3.76. The van der Waals surface area contributed by atoms with Crippen LogP contribution < -0.4 is 0 Å². The predicted octanol–water partition coefficient (Wildman–Crippen LogP) is 3.40. The van der Waals surface area contributed by atoms with E-state index in [1.165, 1.54) is 11.8 Å². The molecule has 1 amide bonds. The fraction of sp³-hybridized carbons (Fsp3) is 0.125. The number of amides is 1. The zero-order valence-corrected chi connectivity index (χ0v) is 13.5. The van der Waals surface area contributed by atoms with Crippen molar-refractivity contribution in [2.45, 2.75) is 6.92 Å². The average molecular weight is 330 g/mol. The third-order valence-corrected chi connectivity index (χ3v) is 4.75. The van der Waals surface area contributed by atoms with Crippen LogP contribution in [-0.2, 0) is 4.79 Å². The number of rotatable bonds is 3. The van der Waals surface area contributed by atoms with Gasteiger partial charge in [-0.1, -0.05) is 24.0 Å². The number of hydrogen-bond donors (Lipinski definition) is 1. The maximum absolute atomic E-state index is 12.3. The molecule has 22 heavy (non-hydrogen) atoms. The summed E-state index contributed by atoms with van der Waals surface area (Å²) in [5.41, 5.74) is 1.81. The Balaban J connectivity index is 1.96. The highest BCUT2D eigenvalue weighted by atomic mass is 32.2. The second-order valence-corrected chi connectivity index (χ2v) is 6.42. The van der Waals surface area contributed by atoms with Crippen molar-refractivity contribution in [3.05, 3.63) is 53.2 Å². The largest absolute Gasteiger partial charge is 0.508 e. The number of hydrogen-bond acceptors (Lipinski definition) is 4. The molecular formula is C16H14N2O2S2. The summed E-state index contributed by atoms with van der Waals surface area (Å²) in [4.78, 5) is 14.5. The molecule has 112 valence electrons. The molecule has 1 aliphatic rings. The number of thioether (sulfide) groups is 1. The van der Waals surface area contributed by atoms with Crippen molar-refractivity contribution < 1.29 is 9.90 Å². The van der Waals surface area contributed by atoms with E-state index in [1.807, 2.05) is 48.0 Å². The number of carbonyl (C=O) groups is 1. The van der Waals surface area contributed by atoms with Crippen LogP contribution >= 0.6 is 24.0 Å². The van der Waals surface area contributed by atoms with E-state index in [1.54, 1.807) is 17.0 Å². The minimum atomic E-state index is -0.0454. The van der Waals surface area contributed by atoms with E-state index in [4.69, 9.17) is 12.2 Å². The number of aromatic nitrogens is 1. The fourth-order valence-corrected chi connectivity index (χ4v) is 3.64. The van der Waals surface area contributed by atoms with Crippen LogP contribution in [-0.4, -0.2) is 31.3 Å². The second kappa shape index (κ2) is 5.98. The number of carbonyl (C=O) groups excluding carboxylic acids is 1. The molecule has 0 spiro atoms. The van der Waals surface area contributed by atoms with Gasteiger partial charge in [-0.2, -0.15) is 0 Å². The summed E-state index contributed by atoms with van der Waals surface area (Å²) in [5.74, 6) is 0.178. The van der Waals surface area contributed by atoms with E-state index < -0.39 is 0 Å². The van der Waals surface area contributed by atoms with Gasteiger partial charge in [-0.25, -0.2) is 0 Å². The summed E-state index contributed by atoms with van der Waals surface area (Å²) in [6, 6.07) is 10.8. The molecule has 0 saturated carbocycles. The van der Waals surface area contributed by atoms with E-state index in [-0.39, 0.29) is 11.7 Å². The van der Waals surface area contributed by atoms with Crippen molar-refractivity contribution in [1.82, 2.24) is 9.47 Å². The van der Waals surface area contributed by atoms with Crippen LogP contribution in [0.5, 0.6) is 5.75 Å². The molecule has 0 unspecified atom stereocenters. The number of likely N-dealkylation sites (N-methyl/N-ethyl adjacent to an activating group) is 1. The van der Waals surface area contributed by atoms with Crippen LogP contribution in [0.15, 0.2) is 47.5 Å². The third kappa shape index (κ3) is 2.67. The summed E-state index contributed by atoms with van der Waals surface area (Å²) < 4.78 is 2.55. The van der Waals surface area contributed by atoms with E-state index in [0.29, 0.717) is 15.8 Å². The van der Waals surface area contributed by atoms with Gasteiger partial charge in [-0.05, 0) is 49.4 Å². The van der Waals surface area contributed by atoms with Crippen LogP contribution in [0.4, 0.5) is 0 Å². The quantitative estimate of drug-likeness (QED) is 0.692. The summed E-state index contributed by atoms with van der Waals surface area (Å²) in [6.45, 7) is 2.49. The molecule has 0 aliphatic carbocycles. The SMILES string of the molecule is CCN1C(=O)/C(=C/c2cccn2-c2ccc(O)cc2)SC1=S. The fourth-order valence-electron chi connectivity index (χ4n) is 2.27. The lowest BCUT2D eigenvalue weighted by Crippen LogP contribution is -2.27. The molecule has 0 bridgehead atoms. The van der Waals surface area contributed by atoms with Crippen LogP contribution in [0, 0.1) is 0 Å². The van der Waals surface area contributed by atoms with Crippen molar-refractivity contribution in [1.29, 1.82) is 0 Å². The number of thiocarbonyl (C=S) groups is 1. The Morgan fingerprint density at radius 1 is 1.27 bits per heavy atom. The van der Waals surface area contributed by atoms with Gasteiger partial charge >= 0.3 is 0 Å². The first-order valence-electron chi connectivity index (χ1n) is 6.82. The maximum atomic E-state index is 12.3. The molecule has 1 aromatic carbocycles. The topological polar surface area (TPSA) is 45.5 Å². The Morgan fingerprint density at radius 3 is 2.64 bits per heavy atom. The average Bonchev–Trinajstić information content (AvgIpc) is 3.06. The van der Waals surface area contributed by atoms with Crippen LogP contribution in [0.3, 0.4) is 0 Å². The maximum Gasteiger partial charge on any atom is 0.266 e. The minimum absolute atomic E-state index is 0.0454. The number of nitrogens with zero attached hydrogens (tertiary/aromatic N) is 2. The van der Waals surface area contributed by atoms with Gasteiger partial charge in [0.25, 0.3) is 5.91 Å². The molecule has 4 nitrogen and oxygen atoms in total. The Morgan fingerprint density at radius 2 is 2.00 bits per heavy atom. The van der Waals surface area contributed by atoms with Gasteiger partial charge in [-0.3, -0.25) is 9.69 Å². The van der Waals surface area contributed by atoms with E-state index >= 15 is 0 Å². The van der Waals surface area contributed by atoms with E-state index in [0.717, 1.165) is 11.4 Å². The highest BCUT2D eigenvalue weighted by molar-refractivity contribution is 8.26.